The van der Waals surface area contributed by atoms with E-state index in [0.717, 1.165) is 49.4 Å². The fourth-order valence-electron chi connectivity index (χ4n) is 3.99. The van der Waals surface area contributed by atoms with Crippen LogP contribution >= 0.6 is 0 Å². The third kappa shape index (κ3) is 4.52. The summed E-state index contributed by atoms with van der Waals surface area (Å²) in [7, 11) is 0. The van der Waals surface area contributed by atoms with E-state index in [1.807, 2.05) is 28.6 Å². The predicted octanol–water partition coefficient (Wildman–Crippen LogP) is 3.81. The van der Waals surface area contributed by atoms with Crippen molar-refractivity contribution in [3.05, 3.63) is 46.8 Å². The summed E-state index contributed by atoms with van der Waals surface area (Å²) in [4.78, 5) is 14.8. The lowest BCUT2D eigenvalue weighted by Crippen LogP contribution is -2.38. The Balaban J connectivity index is 1.60. The smallest absolute Gasteiger partial charge is 0.227 e. The zero-order valence-corrected chi connectivity index (χ0v) is 16.9. The van der Waals surface area contributed by atoms with Gasteiger partial charge in [-0.3, -0.25) is 9.48 Å². The first kappa shape index (κ1) is 19.5. The maximum Gasteiger partial charge on any atom is 0.227 e. The van der Waals surface area contributed by atoms with Gasteiger partial charge in [-0.05, 0) is 56.2 Å². The van der Waals surface area contributed by atoms with Crippen LogP contribution in [0.3, 0.4) is 0 Å². The second kappa shape index (κ2) is 8.15. The van der Waals surface area contributed by atoms with Crippen molar-refractivity contribution in [2.24, 2.45) is 5.92 Å². The Bertz CT molecular complexity index is 785. The van der Waals surface area contributed by atoms with Gasteiger partial charge in [-0.1, -0.05) is 26.0 Å². The van der Waals surface area contributed by atoms with Gasteiger partial charge in [-0.25, -0.2) is 0 Å². The quantitative estimate of drug-likeness (QED) is 0.872. The maximum absolute atomic E-state index is 12.8. The topological polar surface area (TPSA) is 58.4 Å². The lowest BCUT2D eigenvalue weighted by molar-refractivity contribution is -0.131. The number of aromatic nitrogens is 2. The van der Waals surface area contributed by atoms with Crippen molar-refractivity contribution < 1.29 is 9.90 Å². The van der Waals surface area contributed by atoms with Crippen LogP contribution in [0.15, 0.2) is 24.3 Å². The van der Waals surface area contributed by atoms with Gasteiger partial charge in [-0.15, -0.1) is 0 Å². The Morgan fingerprint density at radius 2 is 1.81 bits per heavy atom. The van der Waals surface area contributed by atoms with E-state index in [2.05, 4.69) is 25.9 Å². The fraction of sp³-hybridized carbons (Fsp3) is 0.545. The number of phenolic OH excluding ortho intramolecular Hbond substituents is 1. The summed E-state index contributed by atoms with van der Waals surface area (Å²) in [6.45, 7) is 10.9. The number of hydrogen-bond donors (Lipinski definition) is 1. The number of amides is 1. The highest BCUT2D eigenvalue weighted by atomic mass is 16.3. The van der Waals surface area contributed by atoms with E-state index in [4.69, 9.17) is 0 Å². The maximum atomic E-state index is 12.8. The molecule has 0 radical (unpaired) electrons. The Morgan fingerprint density at radius 3 is 2.41 bits per heavy atom. The van der Waals surface area contributed by atoms with E-state index in [0.29, 0.717) is 24.0 Å². The summed E-state index contributed by atoms with van der Waals surface area (Å²) in [5.74, 6) is 1.50. The SMILES string of the molecule is Cc1nn(CC(C)C)c(C)c1CC(=O)N1CCC(c2ccc(O)cc2)CC1. The number of nitrogens with zero attached hydrogens (tertiary/aromatic N) is 3. The molecule has 0 spiro atoms. The molecule has 1 aromatic carbocycles. The number of benzene rings is 1. The molecule has 2 aromatic rings. The predicted molar refractivity (Wildman–Crippen MR) is 107 cm³/mol. The van der Waals surface area contributed by atoms with Crippen molar-refractivity contribution in [3.8, 4) is 5.75 Å². The minimum absolute atomic E-state index is 0.203. The lowest BCUT2D eigenvalue weighted by Gasteiger charge is -2.32. The molecule has 1 amide bonds. The molecule has 0 bridgehead atoms. The molecule has 1 N–H and O–H groups in total. The van der Waals surface area contributed by atoms with Gasteiger partial charge >= 0.3 is 0 Å². The van der Waals surface area contributed by atoms with Crippen LogP contribution < -0.4 is 0 Å². The van der Waals surface area contributed by atoms with Gasteiger partial charge in [0.1, 0.15) is 5.75 Å². The van der Waals surface area contributed by atoms with E-state index >= 15 is 0 Å². The summed E-state index contributed by atoms with van der Waals surface area (Å²) < 4.78 is 2.04. The molecule has 146 valence electrons. The molecule has 0 atom stereocenters. The highest BCUT2D eigenvalue weighted by Gasteiger charge is 2.25. The van der Waals surface area contributed by atoms with Gasteiger partial charge in [0.25, 0.3) is 0 Å². The Hall–Kier alpha value is -2.30. The second-order valence-electron chi connectivity index (χ2n) is 8.15. The minimum Gasteiger partial charge on any atom is -0.508 e. The zero-order valence-electron chi connectivity index (χ0n) is 16.9. The van der Waals surface area contributed by atoms with Crippen LogP contribution in [0.25, 0.3) is 0 Å². The van der Waals surface area contributed by atoms with Gasteiger partial charge in [-0.2, -0.15) is 5.10 Å². The van der Waals surface area contributed by atoms with E-state index in [9.17, 15) is 9.90 Å². The highest BCUT2D eigenvalue weighted by molar-refractivity contribution is 5.79. The molecule has 5 nitrogen and oxygen atoms in total. The number of hydrogen-bond acceptors (Lipinski definition) is 3. The molecular weight excluding hydrogens is 338 g/mol. The first-order valence-corrected chi connectivity index (χ1v) is 9.94. The average molecular weight is 370 g/mol. The van der Waals surface area contributed by atoms with Crippen LogP contribution in [0.4, 0.5) is 0 Å². The molecule has 1 aliphatic rings. The Kier molecular flexibility index (Phi) is 5.88. The largest absolute Gasteiger partial charge is 0.508 e. The van der Waals surface area contributed by atoms with Crippen molar-refractivity contribution in [1.82, 2.24) is 14.7 Å². The van der Waals surface area contributed by atoms with E-state index in [1.54, 1.807) is 12.1 Å². The second-order valence-corrected chi connectivity index (χ2v) is 8.15. The molecule has 1 aromatic heterocycles. The summed E-state index contributed by atoms with van der Waals surface area (Å²) >= 11 is 0. The van der Waals surface area contributed by atoms with Crippen molar-refractivity contribution in [1.29, 1.82) is 0 Å². The van der Waals surface area contributed by atoms with Crippen LogP contribution in [0.2, 0.25) is 0 Å². The van der Waals surface area contributed by atoms with E-state index in [1.165, 1.54) is 5.56 Å². The first-order chi connectivity index (χ1) is 12.8. The van der Waals surface area contributed by atoms with Gasteiger partial charge in [0.2, 0.25) is 5.91 Å². The van der Waals surface area contributed by atoms with Gasteiger partial charge < -0.3 is 10.0 Å². The van der Waals surface area contributed by atoms with Crippen molar-refractivity contribution in [3.63, 3.8) is 0 Å². The molecule has 27 heavy (non-hydrogen) atoms. The number of aromatic hydroxyl groups is 1. The monoisotopic (exact) mass is 369 g/mol. The van der Waals surface area contributed by atoms with Gasteiger partial charge in [0.15, 0.2) is 0 Å². The summed E-state index contributed by atoms with van der Waals surface area (Å²) in [5, 5.41) is 14.1. The van der Waals surface area contributed by atoms with Crippen LogP contribution in [-0.4, -0.2) is 38.8 Å². The molecule has 1 fully saturated rings. The molecule has 0 unspecified atom stereocenters. The third-order valence-corrected chi connectivity index (χ3v) is 5.61. The van der Waals surface area contributed by atoms with Crippen LogP contribution in [0, 0.1) is 19.8 Å². The molecule has 0 saturated carbocycles. The Labute approximate surface area is 162 Å². The minimum atomic E-state index is 0.203. The fourth-order valence-corrected chi connectivity index (χ4v) is 3.99. The molecular formula is C22H31N3O2. The molecule has 3 rings (SSSR count). The number of carbonyl (C=O) groups excluding carboxylic acids is 1. The van der Waals surface area contributed by atoms with E-state index in [-0.39, 0.29) is 5.91 Å². The number of aryl methyl sites for hydroxylation is 1. The molecule has 0 aliphatic carbocycles. The van der Waals surface area contributed by atoms with Crippen molar-refractivity contribution in [2.45, 2.75) is 59.4 Å². The molecule has 1 saturated heterocycles. The standard InChI is InChI=1S/C22H31N3O2/c1-15(2)14-25-17(4)21(16(3)23-25)13-22(27)24-11-9-19(10-12-24)18-5-7-20(26)8-6-18/h5-8,15,19,26H,9-14H2,1-4H3. The van der Waals surface area contributed by atoms with Crippen molar-refractivity contribution in [2.75, 3.05) is 13.1 Å². The van der Waals surface area contributed by atoms with Gasteiger partial charge in [0, 0.05) is 30.9 Å². The number of rotatable bonds is 5. The number of phenols is 1. The summed E-state index contributed by atoms with van der Waals surface area (Å²) in [6, 6.07) is 7.47. The Morgan fingerprint density at radius 1 is 1.19 bits per heavy atom. The molecule has 1 aliphatic heterocycles. The number of carbonyl (C=O) groups is 1. The lowest BCUT2D eigenvalue weighted by atomic mass is 9.89. The van der Waals surface area contributed by atoms with Gasteiger partial charge in [0.05, 0.1) is 12.1 Å². The number of piperidine rings is 1. The summed E-state index contributed by atoms with van der Waals surface area (Å²) in [5.41, 5.74) is 4.43. The van der Waals surface area contributed by atoms with Crippen LogP contribution in [0.1, 0.15) is 55.1 Å². The average Bonchev–Trinajstić information content (AvgIpc) is 2.89. The number of likely N-dealkylation sites (tertiary alicyclic amines) is 1. The first-order valence-electron chi connectivity index (χ1n) is 9.94. The normalized spacial score (nSPS) is 15.5. The molecule has 2 heterocycles. The van der Waals surface area contributed by atoms with Crippen LogP contribution in [-0.2, 0) is 17.8 Å². The van der Waals surface area contributed by atoms with Crippen LogP contribution in [0.5, 0.6) is 5.75 Å². The van der Waals surface area contributed by atoms with Crippen molar-refractivity contribution >= 4 is 5.91 Å². The summed E-state index contributed by atoms with van der Waals surface area (Å²) in [6.07, 6.45) is 2.39. The molecule has 5 heteroatoms. The zero-order chi connectivity index (χ0) is 19.6. The van der Waals surface area contributed by atoms with E-state index < -0.39 is 0 Å². The highest BCUT2D eigenvalue weighted by Crippen LogP contribution is 2.29. The third-order valence-electron chi connectivity index (χ3n) is 5.61.